The first-order chi connectivity index (χ1) is 9.66. The number of carbonyl (C=O) groups excluding carboxylic acids is 1. The number of benzene rings is 1. The van der Waals surface area contributed by atoms with Crippen molar-refractivity contribution >= 4 is 17.6 Å². The van der Waals surface area contributed by atoms with E-state index in [-0.39, 0.29) is 17.2 Å². The maximum Gasteiger partial charge on any atom is 0.416 e. The van der Waals surface area contributed by atoms with Crippen LogP contribution in [0, 0.1) is 0 Å². The lowest BCUT2D eigenvalue weighted by atomic mass is 10.00. The summed E-state index contributed by atoms with van der Waals surface area (Å²) in [5, 5.41) is 19.4. The van der Waals surface area contributed by atoms with Crippen molar-refractivity contribution in [3.63, 3.8) is 0 Å². The molecule has 0 aliphatic heterocycles. The average molecular weight is 327 g/mol. The number of esters is 1. The molecule has 0 saturated heterocycles. The van der Waals surface area contributed by atoms with Gasteiger partial charge in [-0.05, 0) is 25.1 Å². The molecular weight excluding hydrogens is 313 g/mol. The van der Waals surface area contributed by atoms with Crippen molar-refractivity contribution in [3.8, 4) is 0 Å². The molecule has 1 aromatic rings. The Morgan fingerprint density at radius 1 is 1.38 bits per heavy atom. The van der Waals surface area contributed by atoms with E-state index >= 15 is 0 Å². The Morgan fingerprint density at radius 2 is 2.00 bits per heavy atom. The van der Waals surface area contributed by atoms with Gasteiger partial charge in [0.1, 0.15) is 6.10 Å². The molecule has 0 saturated carbocycles. The molecule has 1 rings (SSSR count). The summed E-state index contributed by atoms with van der Waals surface area (Å²) in [7, 11) is 0. The molecule has 0 amide bonds. The van der Waals surface area contributed by atoms with Gasteiger partial charge in [-0.25, -0.2) is 0 Å². The topological polar surface area (TPSA) is 66.8 Å². The van der Waals surface area contributed by atoms with Gasteiger partial charge in [-0.1, -0.05) is 11.6 Å². The maximum absolute atomic E-state index is 12.6. The third kappa shape index (κ3) is 4.87. The van der Waals surface area contributed by atoms with E-state index in [1.807, 2.05) is 0 Å². The van der Waals surface area contributed by atoms with Gasteiger partial charge in [-0.3, -0.25) is 4.79 Å². The van der Waals surface area contributed by atoms with Gasteiger partial charge in [0.2, 0.25) is 0 Å². The molecule has 0 fully saturated rings. The third-order valence-electron chi connectivity index (χ3n) is 2.69. The van der Waals surface area contributed by atoms with Crippen molar-refractivity contribution in [2.75, 3.05) is 6.61 Å². The molecule has 0 aromatic heterocycles. The molecule has 0 heterocycles. The number of halogens is 4. The van der Waals surface area contributed by atoms with Crippen molar-refractivity contribution in [2.45, 2.75) is 31.7 Å². The normalized spacial score (nSPS) is 14.6. The second-order valence-electron chi connectivity index (χ2n) is 4.26. The SMILES string of the molecule is CCOC(=O)CC(O)C(O)c1cc(C(F)(F)F)ccc1Cl. The summed E-state index contributed by atoms with van der Waals surface area (Å²) in [6.45, 7) is 1.65. The van der Waals surface area contributed by atoms with Crippen LogP contribution in [0.15, 0.2) is 18.2 Å². The van der Waals surface area contributed by atoms with Gasteiger partial charge < -0.3 is 14.9 Å². The molecule has 0 bridgehead atoms. The summed E-state index contributed by atoms with van der Waals surface area (Å²) >= 11 is 5.73. The number of rotatable bonds is 5. The first kappa shape index (κ1) is 17.7. The summed E-state index contributed by atoms with van der Waals surface area (Å²) in [5.41, 5.74) is -1.31. The highest BCUT2D eigenvalue weighted by atomic mass is 35.5. The molecule has 0 aliphatic carbocycles. The minimum atomic E-state index is -4.61. The maximum atomic E-state index is 12.6. The van der Waals surface area contributed by atoms with Crippen molar-refractivity contribution < 1.29 is 32.9 Å². The predicted molar refractivity (Wildman–Crippen MR) is 68.7 cm³/mol. The number of hydrogen-bond donors (Lipinski definition) is 2. The number of ether oxygens (including phenoxy) is 1. The fourth-order valence-electron chi connectivity index (χ4n) is 1.66. The van der Waals surface area contributed by atoms with Crippen LogP contribution in [0.1, 0.15) is 30.6 Å². The fourth-order valence-corrected chi connectivity index (χ4v) is 1.89. The van der Waals surface area contributed by atoms with Crippen LogP contribution in [-0.2, 0) is 15.7 Å². The van der Waals surface area contributed by atoms with E-state index in [0.717, 1.165) is 12.1 Å². The first-order valence-electron chi connectivity index (χ1n) is 6.05. The molecule has 0 spiro atoms. The lowest BCUT2D eigenvalue weighted by Gasteiger charge is -2.19. The smallest absolute Gasteiger partial charge is 0.416 e. The summed E-state index contributed by atoms with van der Waals surface area (Å²) in [6.07, 6.45) is -8.51. The van der Waals surface area contributed by atoms with Crippen LogP contribution in [0.5, 0.6) is 0 Å². The standard InChI is InChI=1S/C13H14ClF3O4/c1-2-21-11(19)6-10(18)12(20)8-5-7(13(15,16)17)3-4-9(8)14/h3-5,10,12,18,20H,2,6H2,1H3. The lowest BCUT2D eigenvalue weighted by Crippen LogP contribution is -2.23. The Kier molecular flexibility index (Phi) is 6.00. The number of alkyl halides is 3. The predicted octanol–water partition coefficient (Wildman–Crippen LogP) is 2.71. The summed E-state index contributed by atoms with van der Waals surface area (Å²) in [6, 6.07) is 2.37. The Bertz CT molecular complexity index is 505. The molecular formula is C13H14ClF3O4. The zero-order valence-corrected chi connectivity index (χ0v) is 11.8. The van der Waals surface area contributed by atoms with Crippen LogP contribution >= 0.6 is 11.6 Å². The van der Waals surface area contributed by atoms with Gasteiger partial charge in [0, 0.05) is 10.6 Å². The number of aliphatic hydroxyl groups excluding tert-OH is 2. The van der Waals surface area contributed by atoms with Crippen molar-refractivity contribution in [2.24, 2.45) is 0 Å². The lowest BCUT2D eigenvalue weighted by molar-refractivity contribution is -0.147. The molecule has 2 N–H and O–H groups in total. The highest BCUT2D eigenvalue weighted by Gasteiger charge is 2.33. The van der Waals surface area contributed by atoms with E-state index in [4.69, 9.17) is 11.6 Å². The quantitative estimate of drug-likeness (QED) is 0.816. The van der Waals surface area contributed by atoms with Gasteiger partial charge in [0.15, 0.2) is 0 Å². The first-order valence-corrected chi connectivity index (χ1v) is 6.43. The van der Waals surface area contributed by atoms with Crippen molar-refractivity contribution in [1.82, 2.24) is 0 Å². The molecule has 1 aromatic carbocycles. The third-order valence-corrected chi connectivity index (χ3v) is 3.03. The Balaban J connectivity index is 2.95. The zero-order chi connectivity index (χ0) is 16.2. The van der Waals surface area contributed by atoms with E-state index in [0.29, 0.717) is 6.07 Å². The Labute approximate surface area is 124 Å². The van der Waals surface area contributed by atoms with Crippen LogP contribution in [0.25, 0.3) is 0 Å². The van der Waals surface area contributed by atoms with Crippen molar-refractivity contribution in [1.29, 1.82) is 0 Å². The van der Waals surface area contributed by atoms with E-state index in [1.54, 1.807) is 6.92 Å². The van der Waals surface area contributed by atoms with Crippen LogP contribution < -0.4 is 0 Å². The zero-order valence-electron chi connectivity index (χ0n) is 11.0. The fraction of sp³-hybridized carbons (Fsp3) is 0.462. The molecule has 21 heavy (non-hydrogen) atoms. The molecule has 0 radical (unpaired) electrons. The minimum absolute atomic E-state index is 0.0892. The average Bonchev–Trinajstić information content (AvgIpc) is 2.37. The van der Waals surface area contributed by atoms with Gasteiger partial charge in [0.25, 0.3) is 0 Å². The van der Waals surface area contributed by atoms with Gasteiger partial charge >= 0.3 is 12.1 Å². The molecule has 8 heteroatoms. The number of hydrogen-bond acceptors (Lipinski definition) is 4. The van der Waals surface area contributed by atoms with Crippen LogP contribution in [-0.4, -0.2) is 28.9 Å². The molecule has 118 valence electrons. The van der Waals surface area contributed by atoms with Gasteiger partial charge in [-0.2, -0.15) is 13.2 Å². The largest absolute Gasteiger partial charge is 0.466 e. The second kappa shape index (κ2) is 7.11. The van der Waals surface area contributed by atoms with E-state index in [1.165, 1.54) is 0 Å². The van der Waals surface area contributed by atoms with Gasteiger partial charge in [0.05, 0.1) is 24.7 Å². The highest BCUT2D eigenvalue weighted by molar-refractivity contribution is 6.31. The minimum Gasteiger partial charge on any atom is -0.466 e. The summed E-state index contributed by atoms with van der Waals surface area (Å²) < 4.78 is 42.4. The summed E-state index contributed by atoms with van der Waals surface area (Å²) in [4.78, 5) is 11.2. The number of aliphatic hydroxyl groups is 2. The molecule has 4 nitrogen and oxygen atoms in total. The van der Waals surface area contributed by atoms with E-state index in [2.05, 4.69) is 4.74 Å². The highest BCUT2D eigenvalue weighted by Crippen LogP contribution is 2.34. The molecule has 2 atom stereocenters. The van der Waals surface area contributed by atoms with Crippen molar-refractivity contribution in [3.05, 3.63) is 34.3 Å². The summed E-state index contributed by atoms with van der Waals surface area (Å²) in [5.74, 6) is -0.771. The molecule has 2 unspecified atom stereocenters. The van der Waals surface area contributed by atoms with Crippen LogP contribution in [0.4, 0.5) is 13.2 Å². The monoisotopic (exact) mass is 326 g/mol. The molecule has 0 aliphatic rings. The Morgan fingerprint density at radius 3 is 2.52 bits per heavy atom. The van der Waals surface area contributed by atoms with E-state index in [9.17, 15) is 28.2 Å². The van der Waals surface area contributed by atoms with Crippen LogP contribution in [0.2, 0.25) is 5.02 Å². The Hall–Kier alpha value is -1.31. The number of carbonyl (C=O) groups is 1. The van der Waals surface area contributed by atoms with Crippen LogP contribution in [0.3, 0.4) is 0 Å². The second-order valence-corrected chi connectivity index (χ2v) is 4.66. The van der Waals surface area contributed by atoms with E-state index < -0.39 is 36.3 Å². The van der Waals surface area contributed by atoms with Gasteiger partial charge in [-0.15, -0.1) is 0 Å².